The summed E-state index contributed by atoms with van der Waals surface area (Å²) in [7, 11) is 0. The average Bonchev–Trinajstić information content (AvgIpc) is 3.73. The summed E-state index contributed by atoms with van der Waals surface area (Å²) in [6.07, 6.45) is 0.930. The van der Waals surface area contributed by atoms with Gasteiger partial charge in [-0.2, -0.15) is 0 Å². The maximum absolute atomic E-state index is 14.0. The molecule has 0 spiro atoms. The number of anilines is 2. The van der Waals surface area contributed by atoms with Crippen molar-refractivity contribution in [2.24, 2.45) is 11.5 Å². The predicted molar refractivity (Wildman–Crippen MR) is 160 cm³/mol. The van der Waals surface area contributed by atoms with Gasteiger partial charge in [0.05, 0.1) is 29.0 Å². The van der Waals surface area contributed by atoms with E-state index in [2.05, 4.69) is 39.6 Å². The molecule has 4 aliphatic rings. The monoisotopic (exact) mass is 611 g/mol. The van der Waals surface area contributed by atoms with Crippen molar-refractivity contribution in [3.05, 3.63) is 64.2 Å². The molecule has 3 amide bonds. The molecule has 2 aromatic rings. The van der Waals surface area contributed by atoms with Crippen LogP contribution in [-0.2, 0) is 15.1 Å². The van der Waals surface area contributed by atoms with Gasteiger partial charge in [0.1, 0.15) is 11.8 Å². The maximum Gasteiger partial charge on any atom is 0.312 e. The van der Waals surface area contributed by atoms with Crippen LogP contribution in [0.2, 0.25) is 0 Å². The second-order valence-electron chi connectivity index (χ2n) is 11.2. The third kappa shape index (κ3) is 4.44. The summed E-state index contributed by atoms with van der Waals surface area (Å²) in [4.78, 5) is 51.4. The Morgan fingerprint density at radius 1 is 1.11 bits per heavy atom. The molecule has 10 N–H and O–H groups in total. The molecular formula is C32H29N5O8. The van der Waals surface area contributed by atoms with Crippen LogP contribution >= 0.6 is 0 Å². The summed E-state index contributed by atoms with van der Waals surface area (Å²) >= 11 is 0. The first-order valence-electron chi connectivity index (χ1n) is 14.2. The Labute approximate surface area is 257 Å². The number of primary amides is 1. The van der Waals surface area contributed by atoms with Crippen molar-refractivity contribution in [1.82, 2.24) is 5.32 Å². The van der Waals surface area contributed by atoms with Crippen molar-refractivity contribution in [2.75, 3.05) is 17.2 Å². The average molecular weight is 612 g/mol. The van der Waals surface area contributed by atoms with Crippen LogP contribution in [0, 0.1) is 23.7 Å². The minimum absolute atomic E-state index is 0.0204. The molecule has 45 heavy (non-hydrogen) atoms. The third-order valence-corrected chi connectivity index (χ3v) is 8.55. The zero-order chi connectivity index (χ0) is 32.3. The quantitative estimate of drug-likeness (QED) is 0.0769. The van der Waals surface area contributed by atoms with Crippen LogP contribution in [0.15, 0.2) is 36.4 Å². The number of allylic oxidation sites excluding steroid dienone is 2. The molecule has 2 bridgehead atoms. The highest BCUT2D eigenvalue weighted by molar-refractivity contribution is 6.31. The summed E-state index contributed by atoms with van der Waals surface area (Å²) in [6, 6.07) is 2.86. The number of epoxide rings is 1. The number of nitrogens with one attached hydrogen (secondary N) is 3. The van der Waals surface area contributed by atoms with Gasteiger partial charge in [-0.15, -0.1) is 0 Å². The van der Waals surface area contributed by atoms with E-state index in [4.69, 9.17) is 16.2 Å². The first-order valence-corrected chi connectivity index (χ1v) is 14.2. The molecule has 6 atom stereocenters. The lowest BCUT2D eigenvalue weighted by Gasteiger charge is -2.37. The van der Waals surface area contributed by atoms with Crippen molar-refractivity contribution in [3.8, 4) is 29.4 Å². The molecule has 0 aromatic heterocycles. The van der Waals surface area contributed by atoms with Gasteiger partial charge in [0.2, 0.25) is 5.91 Å². The molecule has 2 aliphatic carbocycles. The smallest absolute Gasteiger partial charge is 0.312 e. The van der Waals surface area contributed by atoms with Crippen molar-refractivity contribution in [2.45, 2.75) is 55.3 Å². The molecule has 1 fully saturated rings. The van der Waals surface area contributed by atoms with Crippen LogP contribution in [-0.4, -0.2) is 75.3 Å². The Bertz CT molecular complexity index is 1850. The number of aromatic hydroxyl groups is 1. The van der Waals surface area contributed by atoms with Crippen molar-refractivity contribution in [3.63, 3.8) is 0 Å². The summed E-state index contributed by atoms with van der Waals surface area (Å²) in [5, 5.41) is 41.6. The number of carbonyl (C=O) groups excluding carboxylic acids is 4. The molecule has 0 unspecified atom stereocenters. The molecule has 2 heterocycles. The second-order valence-corrected chi connectivity index (χ2v) is 11.2. The number of rotatable bonds is 7. The number of fused-ring (bicyclic) bond motifs is 4. The van der Waals surface area contributed by atoms with E-state index in [0.717, 1.165) is 0 Å². The van der Waals surface area contributed by atoms with Crippen LogP contribution < -0.4 is 27.4 Å². The molecule has 0 radical (unpaired) electrons. The Hall–Kier alpha value is -5.18. The number of hydrogen-bond acceptors (Lipinski definition) is 10. The number of nitrogens with two attached hydrogens (primary N) is 2. The summed E-state index contributed by atoms with van der Waals surface area (Å²) in [5.74, 6) is 8.81. The number of phenolic OH excluding ortho intramolecular Hbond substituents is 1. The van der Waals surface area contributed by atoms with Gasteiger partial charge in [-0.05, 0) is 56.2 Å². The zero-order valence-corrected chi connectivity index (χ0v) is 23.9. The minimum Gasteiger partial charge on any atom is -0.507 e. The Balaban J connectivity index is 1.37. The number of hydrogen-bond donors (Lipinski definition) is 8. The molecule has 1 saturated heterocycles. The van der Waals surface area contributed by atoms with E-state index in [0.29, 0.717) is 6.42 Å². The van der Waals surface area contributed by atoms with E-state index in [1.165, 1.54) is 43.3 Å². The van der Waals surface area contributed by atoms with Crippen LogP contribution in [0.4, 0.5) is 16.2 Å². The van der Waals surface area contributed by atoms with Gasteiger partial charge in [-0.1, -0.05) is 23.7 Å². The molecule has 0 saturated carbocycles. The van der Waals surface area contributed by atoms with Crippen LogP contribution in [0.1, 0.15) is 57.2 Å². The van der Waals surface area contributed by atoms with E-state index in [1.54, 1.807) is 0 Å². The highest BCUT2D eigenvalue weighted by atomic mass is 16.7. The molecular weight excluding hydrogens is 582 g/mol. The predicted octanol–water partition coefficient (Wildman–Crippen LogP) is -0.0414. The van der Waals surface area contributed by atoms with Crippen molar-refractivity contribution in [1.29, 1.82) is 0 Å². The minimum atomic E-state index is -1.67. The topological polar surface area (TPSA) is 230 Å². The zero-order valence-electron chi connectivity index (χ0n) is 23.9. The molecule has 230 valence electrons. The fraction of sp³-hybridized carbons (Fsp3) is 0.312. The SMILES string of the molecule is C[C@@H](O)[C@@]12O[C@]13c1cc(O)c4c(c1N[C@H]2C#C/C=C\C#C[C@H]3O)C(=O)c1ccc(NC(=O)[C@@H](N)CCCNC(N)=O)cc1C4=O. The first kappa shape index (κ1) is 29.9. The molecule has 13 nitrogen and oxygen atoms in total. The second kappa shape index (κ2) is 10.8. The summed E-state index contributed by atoms with van der Waals surface area (Å²) in [6.45, 7) is 1.73. The fourth-order valence-corrected chi connectivity index (χ4v) is 6.42. The number of benzene rings is 2. The Kier molecular flexibility index (Phi) is 7.15. The summed E-state index contributed by atoms with van der Waals surface area (Å²) in [5.41, 5.74) is 7.88. The van der Waals surface area contributed by atoms with E-state index in [-0.39, 0.29) is 52.2 Å². The fourth-order valence-electron chi connectivity index (χ4n) is 6.42. The number of ketones is 2. The molecule has 2 aromatic carbocycles. The Morgan fingerprint density at radius 3 is 2.53 bits per heavy atom. The lowest BCUT2D eigenvalue weighted by molar-refractivity contribution is -0.117. The van der Waals surface area contributed by atoms with Gasteiger partial charge in [-0.3, -0.25) is 14.4 Å². The van der Waals surface area contributed by atoms with Gasteiger partial charge >= 0.3 is 6.03 Å². The Morgan fingerprint density at radius 2 is 1.82 bits per heavy atom. The molecule has 2 aliphatic heterocycles. The van der Waals surface area contributed by atoms with Crippen LogP contribution in [0.25, 0.3) is 0 Å². The normalized spacial score (nSPS) is 26.8. The summed E-state index contributed by atoms with van der Waals surface area (Å²) < 4.78 is 6.16. The van der Waals surface area contributed by atoms with Crippen molar-refractivity contribution >= 4 is 34.9 Å². The number of phenols is 1. The number of aliphatic hydroxyl groups excluding tert-OH is 2. The lowest BCUT2D eigenvalue weighted by Crippen LogP contribution is -2.54. The van der Waals surface area contributed by atoms with E-state index in [1.807, 2.05) is 0 Å². The van der Waals surface area contributed by atoms with Gasteiger partial charge in [0, 0.05) is 28.9 Å². The van der Waals surface area contributed by atoms with Crippen LogP contribution in [0.5, 0.6) is 5.75 Å². The highest BCUT2D eigenvalue weighted by Crippen LogP contribution is 2.67. The van der Waals surface area contributed by atoms with Gasteiger partial charge < -0.3 is 47.5 Å². The van der Waals surface area contributed by atoms with Gasteiger partial charge in [0.25, 0.3) is 0 Å². The number of aliphatic hydroxyl groups is 2. The largest absolute Gasteiger partial charge is 0.507 e. The van der Waals surface area contributed by atoms with E-state index in [9.17, 15) is 34.5 Å². The highest BCUT2D eigenvalue weighted by Gasteiger charge is 2.82. The number of ether oxygens (including phenoxy) is 1. The molecule has 6 rings (SSSR count). The molecule has 13 heteroatoms. The third-order valence-electron chi connectivity index (χ3n) is 8.55. The lowest BCUT2D eigenvalue weighted by atomic mass is 9.69. The number of amides is 3. The maximum atomic E-state index is 14.0. The van der Waals surface area contributed by atoms with Gasteiger partial charge in [0.15, 0.2) is 28.9 Å². The first-order chi connectivity index (χ1) is 21.4. The van der Waals surface area contributed by atoms with Crippen LogP contribution in [0.3, 0.4) is 0 Å². The van der Waals surface area contributed by atoms with Crippen molar-refractivity contribution < 1.29 is 39.2 Å². The van der Waals surface area contributed by atoms with E-state index >= 15 is 0 Å². The standard InChI is InChI=1S/C32H29N5O8/c1-15(38)31-22-8-4-2-3-5-9-23(40)32(31,45-31)19-14-21(39)24-25(26(19)37-22)27(41)17-11-10-16(13-18(17)28(24)42)36-29(43)20(33)7-6-12-35-30(34)44/h2-3,10-11,13-15,20,22-23,37-40H,6-7,12,33H2,1H3,(H,36,43)(H3,34,35,44)/b3-2-/t15-,20+,22+,23-,31+,32+/m1/s1. The van der Waals surface area contributed by atoms with E-state index < -0.39 is 64.7 Å². The number of urea groups is 1. The van der Waals surface area contributed by atoms with Gasteiger partial charge in [-0.25, -0.2) is 4.79 Å². The number of carbonyl (C=O) groups is 4.